The summed E-state index contributed by atoms with van der Waals surface area (Å²) < 4.78 is 4.92. The fourth-order valence-electron chi connectivity index (χ4n) is 1.91. The van der Waals surface area contributed by atoms with Crippen LogP contribution < -0.4 is 0 Å². The second-order valence-electron chi connectivity index (χ2n) is 4.14. The van der Waals surface area contributed by atoms with E-state index in [0.29, 0.717) is 12.5 Å². The summed E-state index contributed by atoms with van der Waals surface area (Å²) in [6, 6.07) is 5.27. The Labute approximate surface area is 95.0 Å². The molecule has 0 bridgehead atoms. The molecular weight excluding hydrogens is 204 g/mol. The first-order valence-electron chi connectivity index (χ1n) is 5.68. The second-order valence-corrected chi connectivity index (χ2v) is 4.14. The molecule has 1 fully saturated rings. The van der Waals surface area contributed by atoms with Crippen molar-refractivity contribution < 1.29 is 14.6 Å². The Morgan fingerprint density at radius 1 is 1.50 bits per heavy atom. The van der Waals surface area contributed by atoms with Gasteiger partial charge in [-0.15, -0.1) is 0 Å². The number of hydrogen-bond acceptors (Lipinski definition) is 3. The SMILES string of the molecule is CCOC(=O)Cc1cc(O)ccc1C1CC1. The minimum absolute atomic E-state index is 0.212. The quantitative estimate of drug-likeness (QED) is 0.792. The van der Waals surface area contributed by atoms with Gasteiger partial charge < -0.3 is 9.84 Å². The van der Waals surface area contributed by atoms with Crippen molar-refractivity contribution in [2.24, 2.45) is 0 Å². The van der Waals surface area contributed by atoms with Crippen LogP contribution in [0, 0.1) is 0 Å². The first kappa shape index (κ1) is 11.0. The lowest BCUT2D eigenvalue weighted by Crippen LogP contribution is -2.09. The minimum Gasteiger partial charge on any atom is -0.508 e. The van der Waals surface area contributed by atoms with Crippen LogP contribution in [0.25, 0.3) is 0 Å². The minimum atomic E-state index is -0.227. The molecule has 0 heterocycles. The molecule has 1 aromatic carbocycles. The zero-order chi connectivity index (χ0) is 11.5. The van der Waals surface area contributed by atoms with Crippen LogP contribution in [0.15, 0.2) is 18.2 Å². The average molecular weight is 220 g/mol. The molecule has 0 spiro atoms. The van der Waals surface area contributed by atoms with Crippen molar-refractivity contribution in [2.75, 3.05) is 6.61 Å². The van der Waals surface area contributed by atoms with Crippen LogP contribution in [0.4, 0.5) is 0 Å². The molecular formula is C13H16O3. The number of ether oxygens (including phenoxy) is 1. The van der Waals surface area contributed by atoms with Crippen LogP contribution in [0.2, 0.25) is 0 Å². The lowest BCUT2D eigenvalue weighted by molar-refractivity contribution is -0.142. The summed E-state index contributed by atoms with van der Waals surface area (Å²) in [5.74, 6) is 0.559. The van der Waals surface area contributed by atoms with Crippen LogP contribution >= 0.6 is 0 Å². The zero-order valence-corrected chi connectivity index (χ0v) is 9.40. The molecule has 0 amide bonds. The molecule has 3 heteroatoms. The predicted octanol–water partition coefficient (Wildman–Crippen LogP) is 2.38. The third-order valence-corrected chi connectivity index (χ3v) is 2.78. The Morgan fingerprint density at radius 2 is 2.25 bits per heavy atom. The molecule has 0 radical (unpaired) electrons. The molecule has 1 aliphatic carbocycles. The van der Waals surface area contributed by atoms with Gasteiger partial charge in [0.1, 0.15) is 5.75 Å². The molecule has 0 aromatic heterocycles. The normalized spacial score (nSPS) is 14.8. The Hall–Kier alpha value is -1.51. The molecule has 86 valence electrons. The third kappa shape index (κ3) is 2.54. The van der Waals surface area contributed by atoms with E-state index in [1.165, 1.54) is 18.4 Å². The molecule has 1 aromatic rings. The molecule has 16 heavy (non-hydrogen) atoms. The topological polar surface area (TPSA) is 46.5 Å². The largest absolute Gasteiger partial charge is 0.508 e. The summed E-state index contributed by atoms with van der Waals surface area (Å²) in [5.41, 5.74) is 2.09. The number of rotatable bonds is 4. The van der Waals surface area contributed by atoms with Gasteiger partial charge in [0.05, 0.1) is 13.0 Å². The molecule has 2 rings (SSSR count). The molecule has 1 saturated carbocycles. The number of benzene rings is 1. The van der Waals surface area contributed by atoms with Crippen molar-refractivity contribution >= 4 is 5.97 Å². The third-order valence-electron chi connectivity index (χ3n) is 2.78. The highest BCUT2D eigenvalue weighted by atomic mass is 16.5. The Balaban J connectivity index is 2.17. The van der Waals surface area contributed by atoms with E-state index in [2.05, 4.69) is 0 Å². The van der Waals surface area contributed by atoms with Crippen LogP contribution in [0.1, 0.15) is 36.8 Å². The molecule has 1 N–H and O–H groups in total. The molecule has 0 atom stereocenters. The number of hydrogen-bond donors (Lipinski definition) is 1. The number of aromatic hydroxyl groups is 1. The monoisotopic (exact) mass is 220 g/mol. The van der Waals surface area contributed by atoms with Gasteiger partial charge in [-0.2, -0.15) is 0 Å². The molecule has 0 unspecified atom stereocenters. The van der Waals surface area contributed by atoms with Gasteiger partial charge in [-0.1, -0.05) is 6.07 Å². The standard InChI is InChI=1S/C13H16O3/c1-2-16-13(15)8-10-7-11(14)5-6-12(10)9-3-4-9/h5-7,9,14H,2-4,8H2,1H3. The summed E-state index contributed by atoms with van der Waals surface area (Å²) in [5, 5.41) is 9.43. The number of carbonyl (C=O) groups is 1. The van der Waals surface area contributed by atoms with Crippen molar-refractivity contribution in [3.63, 3.8) is 0 Å². The Bertz CT molecular complexity index is 394. The first-order chi connectivity index (χ1) is 7.70. The fourth-order valence-corrected chi connectivity index (χ4v) is 1.91. The summed E-state index contributed by atoms with van der Waals surface area (Å²) >= 11 is 0. The average Bonchev–Trinajstić information content (AvgIpc) is 3.02. The maximum atomic E-state index is 11.4. The van der Waals surface area contributed by atoms with E-state index >= 15 is 0 Å². The van der Waals surface area contributed by atoms with Crippen molar-refractivity contribution in [2.45, 2.75) is 32.1 Å². The van der Waals surface area contributed by atoms with E-state index in [4.69, 9.17) is 4.74 Å². The predicted molar refractivity (Wildman–Crippen MR) is 60.4 cm³/mol. The Morgan fingerprint density at radius 3 is 2.88 bits per heavy atom. The van der Waals surface area contributed by atoms with Crippen molar-refractivity contribution in [1.82, 2.24) is 0 Å². The second kappa shape index (κ2) is 4.56. The maximum absolute atomic E-state index is 11.4. The summed E-state index contributed by atoms with van der Waals surface area (Å²) in [4.78, 5) is 11.4. The summed E-state index contributed by atoms with van der Waals surface area (Å²) in [7, 11) is 0. The van der Waals surface area contributed by atoms with Crippen molar-refractivity contribution in [3.05, 3.63) is 29.3 Å². The van der Waals surface area contributed by atoms with Crippen molar-refractivity contribution in [3.8, 4) is 5.75 Å². The van der Waals surface area contributed by atoms with Gasteiger partial charge >= 0.3 is 5.97 Å². The first-order valence-corrected chi connectivity index (χ1v) is 5.68. The van der Waals surface area contributed by atoms with Crippen LogP contribution in [-0.4, -0.2) is 17.7 Å². The smallest absolute Gasteiger partial charge is 0.310 e. The lowest BCUT2D eigenvalue weighted by Gasteiger charge is -2.08. The summed E-state index contributed by atoms with van der Waals surface area (Å²) in [6.07, 6.45) is 2.62. The van der Waals surface area contributed by atoms with Gasteiger partial charge in [-0.05, 0) is 48.9 Å². The lowest BCUT2D eigenvalue weighted by atomic mass is 10.0. The van der Waals surface area contributed by atoms with E-state index < -0.39 is 0 Å². The van der Waals surface area contributed by atoms with Gasteiger partial charge in [0.25, 0.3) is 0 Å². The maximum Gasteiger partial charge on any atom is 0.310 e. The van der Waals surface area contributed by atoms with E-state index in [1.807, 2.05) is 6.07 Å². The molecule has 0 aliphatic heterocycles. The number of carbonyl (C=O) groups excluding carboxylic acids is 1. The molecule has 3 nitrogen and oxygen atoms in total. The highest BCUT2D eigenvalue weighted by Crippen LogP contribution is 2.42. The van der Waals surface area contributed by atoms with Crippen LogP contribution in [0.5, 0.6) is 5.75 Å². The van der Waals surface area contributed by atoms with Gasteiger partial charge in [-0.25, -0.2) is 0 Å². The van der Waals surface area contributed by atoms with Crippen LogP contribution in [0.3, 0.4) is 0 Å². The number of phenolic OH excluding ortho intramolecular Hbond substituents is 1. The van der Waals surface area contributed by atoms with E-state index in [9.17, 15) is 9.90 Å². The highest BCUT2D eigenvalue weighted by molar-refractivity contribution is 5.73. The van der Waals surface area contributed by atoms with E-state index in [1.54, 1.807) is 19.1 Å². The number of phenols is 1. The van der Waals surface area contributed by atoms with Gasteiger partial charge in [0.2, 0.25) is 0 Å². The Kier molecular flexibility index (Phi) is 3.13. The van der Waals surface area contributed by atoms with Gasteiger partial charge in [0.15, 0.2) is 0 Å². The summed E-state index contributed by atoms with van der Waals surface area (Å²) in [6.45, 7) is 2.19. The highest BCUT2D eigenvalue weighted by Gasteiger charge is 2.26. The number of esters is 1. The van der Waals surface area contributed by atoms with E-state index in [-0.39, 0.29) is 18.1 Å². The van der Waals surface area contributed by atoms with Crippen LogP contribution in [-0.2, 0) is 16.0 Å². The zero-order valence-electron chi connectivity index (χ0n) is 9.40. The van der Waals surface area contributed by atoms with Gasteiger partial charge in [-0.3, -0.25) is 4.79 Å². The van der Waals surface area contributed by atoms with Gasteiger partial charge in [0, 0.05) is 0 Å². The fraction of sp³-hybridized carbons (Fsp3) is 0.462. The molecule has 0 saturated heterocycles. The molecule has 1 aliphatic rings. The van der Waals surface area contributed by atoms with E-state index in [0.717, 1.165) is 5.56 Å². The van der Waals surface area contributed by atoms with Crippen molar-refractivity contribution in [1.29, 1.82) is 0 Å².